The molecule has 0 aromatic carbocycles. The second kappa shape index (κ2) is 3.94. The van der Waals surface area contributed by atoms with Crippen molar-refractivity contribution in [2.45, 2.75) is 31.9 Å². The van der Waals surface area contributed by atoms with E-state index in [1.54, 1.807) is 4.57 Å². The van der Waals surface area contributed by atoms with Crippen LogP contribution in [0.15, 0.2) is 6.20 Å². The first-order valence-corrected chi connectivity index (χ1v) is 6.19. The maximum atomic E-state index is 10.6. The number of fused-ring (bicyclic) bond motifs is 1. The standard InChI is InChI=1S/C11H16N4O3/c1-11(7-13-4-2-3-5-13)8-14-6-9(15(16)17)12-10(14)18-11/h6H,2-5,7-8H2,1H3. The van der Waals surface area contributed by atoms with Gasteiger partial charge in [-0.2, -0.15) is 0 Å². The fourth-order valence-electron chi connectivity index (χ4n) is 2.78. The fraction of sp³-hybridized carbons (Fsp3) is 0.727. The van der Waals surface area contributed by atoms with Crippen molar-refractivity contribution in [1.29, 1.82) is 0 Å². The van der Waals surface area contributed by atoms with Gasteiger partial charge in [0.2, 0.25) is 0 Å². The first kappa shape index (κ1) is 11.5. The minimum absolute atomic E-state index is 0.145. The first-order valence-electron chi connectivity index (χ1n) is 6.19. The van der Waals surface area contributed by atoms with Crippen molar-refractivity contribution in [3.63, 3.8) is 0 Å². The quantitative estimate of drug-likeness (QED) is 0.593. The van der Waals surface area contributed by atoms with Gasteiger partial charge in [0, 0.05) is 11.5 Å². The summed E-state index contributed by atoms with van der Waals surface area (Å²) in [6, 6.07) is 0.364. The Balaban J connectivity index is 1.71. The number of likely N-dealkylation sites (tertiary alicyclic amines) is 1. The molecule has 0 saturated carbocycles. The molecule has 7 heteroatoms. The van der Waals surface area contributed by atoms with Crippen LogP contribution in [0.5, 0.6) is 6.01 Å². The van der Waals surface area contributed by atoms with Gasteiger partial charge in [0.05, 0.1) is 6.54 Å². The number of rotatable bonds is 3. The Morgan fingerprint density at radius 1 is 1.56 bits per heavy atom. The molecule has 2 aliphatic heterocycles. The molecule has 0 bridgehead atoms. The number of nitro groups is 1. The van der Waals surface area contributed by atoms with Gasteiger partial charge in [0.1, 0.15) is 11.8 Å². The fourth-order valence-corrected chi connectivity index (χ4v) is 2.78. The van der Waals surface area contributed by atoms with E-state index >= 15 is 0 Å². The van der Waals surface area contributed by atoms with Crippen LogP contribution in [0.25, 0.3) is 0 Å². The lowest BCUT2D eigenvalue weighted by Crippen LogP contribution is -2.43. The van der Waals surface area contributed by atoms with E-state index in [2.05, 4.69) is 9.88 Å². The van der Waals surface area contributed by atoms with Crippen LogP contribution in [0, 0.1) is 10.1 Å². The molecule has 0 N–H and O–H groups in total. The average Bonchev–Trinajstić information content (AvgIpc) is 2.92. The lowest BCUT2D eigenvalue weighted by molar-refractivity contribution is -0.389. The number of imidazole rings is 1. The minimum Gasteiger partial charge on any atom is -0.436 e. The minimum atomic E-state index is -0.494. The summed E-state index contributed by atoms with van der Waals surface area (Å²) in [6.45, 7) is 5.73. The Morgan fingerprint density at radius 3 is 2.89 bits per heavy atom. The van der Waals surface area contributed by atoms with Gasteiger partial charge in [-0.3, -0.25) is 9.47 Å². The second-order valence-corrected chi connectivity index (χ2v) is 5.30. The zero-order chi connectivity index (χ0) is 12.8. The van der Waals surface area contributed by atoms with Gasteiger partial charge in [-0.25, -0.2) is 0 Å². The Hall–Kier alpha value is -1.63. The van der Waals surface area contributed by atoms with Crippen molar-refractivity contribution in [1.82, 2.24) is 14.5 Å². The number of hydrogen-bond acceptors (Lipinski definition) is 5. The van der Waals surface area contributed by atoms with Crippen molar-refractivity contribution < 1.29 is 9.66 Å². The van der Waals surface area contributed by atoms with Gasteiger partial charge in [-0.1, -0.05) is 0 Å². The van der Waals surface area contributed by atoms with E-state index in [-0.39, 0.29) is 11.4 Å². The molecule has 0 aliphatic carbocycles. The molecular formula is C11H16N4O3. The molecule has 3 rings (SSSR count). The van der Waals surface area contributed by atoms with Crippen LogP contribution >= 0.6 is 0 Å². The SMILES string of the molecule is CC1(CN2CCCC2)Cn2cc([N+](=O)[O-])nc2O1. The maximum absolute atomic E-state index is 10.6. The van der Waals surface area contributed by atoms with E-state index < -0.39 is 4.92 Å². The zero-order valence-electron chi connectivity index (χ0n) is 10.3. The smallest absolute Gasteiger partial charge is 0.415 e. The molecule has 1 saturated heterocycles. The van der Waals surface area contributed by atoms with Crippen molar-refractivity contribution in [2.24, 2.45) is 0 Å². The van der Waals surface area contributed by atoms with Gasteiger partial charge in [0.15, 0.2) is 0 Å². The Kier molecular flexibility index (Phi) is 2.51. The molecule has 1 unspecified atom stereocenters. The first-order chi connectivity index (χ1) is 8.56. The lowest BCUT2D eigenvalue weighted by atomic mass is 10.1. The van der Waals surface area contributed by atoms with Crippen LogP contribution in [-0.2, 0) is 6.54 Å². The molecular weight excluding hydrogens is 236 g/mol. The highest BCUT2D eigenvalue weighted by atomic mass is 16.6. The monoisotopic (exact) mass is 252 g/mol. The van der Waals surface area contributed by atoms with E-state index in [1.165, 1.54) is 19.0 Å². The highest BCUT2D eigenvalue weighted by molar-refractivity contribution is 5.23. The van der Waals surface area contributed by atoms with Crippen LogP contribution in [0.3, 0.4) is 0 Å². The van der Waals surface area contributed by atoms with Crippen LogP contribution in [0.2, 0.25) is 0 Å². The molecule has 1 atom stereocenters. The Morgan fingerprint density at radius 2 is 2.28 bits per heavy atom. The summed E-state index contributed by atoms with van der Waals surface area (Å²) in [5.41, 5.74) is -0.318. The summed E-state index contributed by atoms with van der Waals surface area (Å²) < 4.78 is 7.52. The number of aromatic nitrogens is 2. The molecule has 0 radical (unpaired) electrons. The number of hydrogen-bond donors (Lipinski definition) is 0. The molecule has 3 heterocycles. The summed E-state index contributed by atoms with van der Waals surface area (Å²) in [5, 5.41) is 10.6. The van der Waals surface area contributed by atoms with Crippen LogP contribution in [-0.4, -0.2) is 44.6 Å². The molecule has 1 aromatic heterocycles. The topological polar surface area (TPSA) is 73.4 Å². The summed E-state index contributed by atoms with van der Waals surface area (Å²) in [7, 11) is 0. The van der Waals surface area contributed by atoms with Crippen LogP contribution in [0.4, 0.5) is 5.82 Å². The van der Waals surface area contributed by atoms with Gasteiger partial charge >= 0.3 is 11.8 Å². The van der Waals surface area contributed by atoms with E-state index in [4.69, 9.17) is 4.74 Å². The van der Waals surface area contributed by atoms with Crippen molar-refractivity contribution in [3.8, 4) is 6.01 Å². The van der Waals surface area contributed by atoms with Gasteiger partial charge in [0.25, 0.3) is 0 Å². The van der Waals surface area contributed by atoms with Gasteiger partial charge in [-0.05, 0) is 37.8 Å². The third-order valence-corrected chi connectivity index (χ3v) is 3.51. The Bertz CT molecular complexity index is 455. The summed E-state index contributed by atoms with van der Waals surface area (Å²) in [4.78, 5) is 16.4. The van der Waals surface area contributed by atoms with Crippen LogP contribution in [0.1, 0.15) is 19.8 Å². The number of nitrogens with zero attached hydrogens (tertiary/aromatic N) is 4. The van der Waals surface area contributed by atoms with Crippen LogP contribution < -0.4 is 4.74 Å². The van der Waals surface area contributed by atoms with E-state index in [0.29, 0.717) is 12.6 Å². The molecule has 7 nitrogen and oxygen atoms in total. The molecule has 18 heavy (non-hydrogen) atoms. The van der Waals surface area contributed by atoms with E-state index in [0.717, 1.165) is 19.6 Å². The van der Waals surface area contributed by atoms with E-state index in [9.17, 15) is 10.1 Å². The van der Waals surface area contributed by atoms with Gasteiger partial charge < -0.3 is 14.9 Å². The second-order valence-electron chi connectivity index (χ2n) is 5.30. The predicted molar refractivity (Wildman–Crippen MR) is 63.6 cm³/mol. The molecule has 1 aromatic rings. The molecule has 1 fully saturated rings. The molecule has 98 valence electrons. The Labute approximate surface area is 105 Å². The molecule has 2 aliphatic rings. The lowest BCUT2D eigenvalue weighted by Gasteiger charge is -2.27. The third kappa shape index (κ3) is 1.94. The normalized spacial score (nSPS) is 27.2. The van der Waals surface area contributed by atoms with Crippen molar-refractivity contribution in [2.75, 3.05) is 19.6 Å². The molecule has 0 amide bonds. The van der Waals surface area contributed by atoms with Crippen molar-refractivity contribution in [3.05, 3.63) is 16.3 Å². The van der Waals surface area contributed by atoms with Crippen molar-refractivity contribution >= 4 is 5.82 Å². The average molecular weight is 252 g/mol. The maximum Gasteiger partial charge on any atom is 0.415 e. The predicted octanol–water partition coefficient (Wildman–Crippen LogP) is 1.04. The third-order valence-electron chi connectivity index (χ3n) is 3.51. The number of ether oxygens (including phenoxy) is 1. The highest BCUT2D eigenvalue weighted by Crippen LogP contribution is 2.31. The molecule has 0 spiro atoms. The summed E-state index contributed by atoms with van der Waals surface area (Å²) >= 11 is 0. The largest absolute Gasteiger partial charge is 0.436 e. The zero-order valence-corrected chi connectivity index (χ0v) is 10.3. The highest BCUT2D eigenvalue weighted by Gasteiger charge is 2.41. The van der Waals surface area contributed by atoms with Gasteiger partial charge in [-0.15, -0.1) is 0 Å². The summed E-state index contributed by atoms with van der Waals surface area (Å²) in [5.74, 6) is -0.145. The van der Waals surface area contributed by atoms with E-state index in [1.807, 2.05) is 6.92 Å². The summed E-state index contributed by atoms with van der Waals surface area (Å²) in [6.07, 6.45) is 3.93.